The average Bonchev–Trinajstić information content (AvgIpc) is 3.40. The maximum absolute atomic E-state index is 14.1. The molecule has 6 rings (SSSR count). The number of benzene rings is 2. The molecule has 1 unspecified atom stereocenters. The van der Waals surface area contributed by atoms with Gasteiger partial charge in [-0.3, -0.25) is 9.48 Å². The summed E-state index contributed by atoms with van der Waals surface area (Å²) in [5, 5.41) is 9.98. The fourth-order valence-corrected chi connectivity index (χ4v) is 5.36. The number of carbonyl (C=O) groups is 1. The molecule has 0 N–H and O–H groups in total. The van der Waals surface area contributed by atoms with Crippen LogP contribution < -0.4 is 9.47 Å². The minimum absolute atomic E-state index is 0.139. The van der Waals surface area contributed by atoms with Crippen LogP contribution in [0.5, 0.6) is 11.6 Å². The lowest BCUT2D eigenvalue weighted by Gasteiger charge is -2.18. The fraction of sp³-hybridized carbons (Fsp3) is 0.310. The lowest BCUT2D eigenvalue weighted by atomic mass is 10.0. The summed E-state index contributed by atoms with van der Waals surface area (Å²) in [5.41, 5.74) is 4.64. The normalized spacial score (nSPS) is 13.5. The molecular weight excluding hydrogens is 563 g/mol. The molecule has 1 aliphatic carbocycles. The van der Waals surface area contributed by atoms with Crippen molar-refractivity contribution in [2.24, 2.45) is 14.1 Å². The van der Waals surface area contributed by atoms with E-state index in [2.05, 4.69) is 5.10 Å². The first-order valence-electron chi connectivity index (χ1n) is 13.3. The third kappa shape index (κ3) is 5.00. The van der Waals surface area contributed by atoms with Crippen LogP contribution in [0, 0.1) is 0 Å². The van der Waals surface area contributed by atoms with Crippen molar-refractivity contribution < 1.29 is 23.0 Å². The van der Waals surface area contributed by atoms with Gasteiger partial charge in [-0.25, -0.2) is 9.67 Å². The Hall–Kier alpha value is -4.31. The summed E-state index contributed by atoms with van der Waals surface area (Å²) in [7, 11) is 9.84. The molecule has 1 saturated carbocycles. The Bertz CT molecular complexity index is 1830. The highest BCUT2D eigenvalue weighted by atomic mass is 31.0. The molecule has 1 fully saturated rings. The molecule has 3 heterocycles. The molecule has 0 radical (unpaired) electrons. The van der Waals surface area contributed by atoms with Gasteiger partial charge in [0.2, 0.25) is 0 Å². The van der Waals surface area contributed by atoms with Crippen molar-refractivity contribution in [3.05, 3.63) is 60.0 Å². The highest BCUT2D eigenvalue weighted by Crippen LogP contribution is 2.48. The van der Waals surface area contributed by atoms with E-state index in [0.29, 0.717) is 23.0 Å². The van der Waals surface area contributed by atoms with Crippen molar-refractivity contribution in [1.29, 1.82) is 0 Å². The van der Waals surface area contributed by atoms with Crippen LogP contribution >= 0.6 is 9.24 Å². The van der Waals surface area contributed by atoms with E-state index in [1.54, 1.807) is 42.7 Å². The van der Waals surface area contributed by atoms with Crippen LogP contribution in [-0.4, -0.2) is 67.0 Å². The maximum atomic E-state index is 14.1. The van der Waals surface area contributed by atoms with E-state index in [0.717, 1.165) is 40.7 Å². The van der Waals surface area contributed by atoms with Crippen molar-refractivity contribution in [3.63, 3.8) is 0 Å². The number of carbonyl (C=O) groups excluding carboxylic acids is 1. The van der Waals surface area contributed by atoms with E-state index in [-0.39, 0.29) is 23.1 Å². The Morgan fingerprint density at radius 1 is 1.10 bits per heavy atom. The molecule has 1 aliphatic rings. The van der Waals surface area contributed by atoms with Crippen molar-refractivity contribution in [2.45, 2.75) is 24.6 Å². The van der Waals surface area contributed by atoms with E-state index in [9.17, 15) is 13.6 Å². The predicted octanol–water partition coefficient (Wildman–Crippen LogP) is 5.22. The number of aromatic nitrogens is 6. The number of hydrogen-bond donors (Lipinski definition) is 0. The summed E-state index contributed by atoms with van der Waals surface area (Å²) in [6, 6.07) is 10.4. The molecule has 1 amide bonds. The molecular formula is C29H30F2N7O3P. The molecule has 0 aliphatic heterocycles. The van der Waals surface area contributed by atoms with Gasteiger partial charge in [-0.05, 0) is 46.3 Å². The number of halogens is 2. The highest BCUT2D eigenvalue weighted by molar-refractivity contribution is 7.17. The number of imidazole rings is 1. The van der Waals surface area contributed by atoms with Crippen molar-refractivity contribution in [1.82, 2.24) is 34.0 Å². The maximum Gasteiger partial charge on any atom is 0.408 e. The van der Waals surface area contributed by atoms with Gasteiger partial charge in [0.25, 0.3) is 11.8 Å². The van der Waals surface area contributed by atoms with Crippen LogP contribution in [0.2, 0.25) is 0 Å². The third-order valence-corrected chi connectivity index (χ3v) is 7.37. The van der Waals surface area contributed by atoms with Crippen molar-refractivity contribution >= 4 is 26.0 Å². The molecule has 5 aromatic rings. The summed E-state index contributed by atoms with van der Waals surface area (Å²) in [6.07, 6.45) is 5.74. The molecule has 2 aromatic carbocycles. The summed E-state index contributed by atoms with van der Waals surface area (Å²) >= 11 is 0. The zero-order chi connectivity index (χ0) is 29.9. The second-order valence-corrected chi connectivity index (χ2v) is 11.3. The zero-order valence-corrected chi connectivity index (χ0v) is 25.0. The van der Waals surface area contributed by atoms with Crippen molar-refractivity contribution in [2.75, 3.05) is 21.2 Å². The minimum Gasteiger partial charge on any atom is -0.478 e. The molecule has 0 bridgehead atoms. The number of fused-ring (bicyclic) bond motifs is 1. The largest absolute Gasteiger partial charge is 0.478 e. The van der Waals surface area contributed by atoms with Gasteiger partial charge in [-0.2, -0.15) is 13.9 Å². The van der Waals surface area contributed by atoms with Crippen LogP contribution in [0.15, 0.2) is 48.8 Å². The van der Waals surface area contributed by atoms with Gasteiger partial charge in [-0.1, -0.05) is 12.1 Å². The lowest BCUT2D eigenvalue weighted by molar-refractivity contribution is -0.0889. The predicted molar refractivity (Wildman–Crippen MR) is 157 cm³/mol. The van der Waals surface area contributed by atoms with Gasteiger partial charge in [0.05, 0.1) is 30.1 Å². The Kier molecular flexibility index (Phi) is 6.76. The van der Waals surface area contributed by atoms with Gasteiger partial charge in [0.15, 0.2) is 0 Å². The smallest absolute Gasteiger partial charge is 0.408 e. The number of hydrogen-bond acceptors (Lipinski definition) is 6. The molecule has 0 spiro atoms. The fourth-order valence-electron chi connectivity index (χ4n) is 5.23. The van der Waals surface area contributed by atoms with Crippen LogP contribution in [0.3, 0.4) is 0 Å². The molecule has 42 heavy (non-hydrogen) atoms. The topological polar surface area (TPSA) is 92.2 Å². The zero-order valence-electron chi connectivity index (χ0n) is 23.8. The summed E-state index contributed by atoms with van der Waals surface area (Å²) in [4.78, 5) is 19.0. The first kappa shape index (κ1) is 27.8. The number of nitrogens with zero attached hydrogens (tertiary/aromatic N) is 7. The molecule has 218 valence electrons. The van der Waals surface area contributed by atoms with E-state index in [4.69, 9.17) is 19.6 Å². The average molecular weight is 594 g/mol. The Morgan fingerprint density at radius 2 is 1.86 bits per heavy atom. The van der Waals surface area contributed by atoms with Crippen LogP contribution in [0.25, 0.3) is 39.2 Å². The van der Waals surface area contributed by atoms with Gasteiger partial charge in [-0.15, -0.1) is 5.10 Å². The second-order valence-electron chi connectivity index (χ2n) is 10.6. The number of aryl methyl sites for hydroxylation is 1. The molecule has 1 atom stereocenters. The van der Waals surface area contributed by atoms with E-state index < -0.39 is 5.85 Å². The summed E-state index contributed by atoms with van der Waals surface area (Å²) in [5.74, 6) is -2.84. The Balaban J connectivity index is 1.52. The van der Waals surface area contributed by atoms with Crippen LogP contribution in [0.1, 0.15) is 34.8 Å². The quantitative estimate of drug-likeness (QED) is 0.229. The number of ether oxygens (including phenoxy) is 2. The molecule has 13 heteroatoms. The molecule has 10 nitrogen and oxygen atoms in total. The monoisotopic (exact) mass is 593 g/mol. The van der Waals surface area contributed by atoms with Gasteiger partial charge < -0.3 is 18.9 Å². The van der Waals surface area contributed by atoms with Gasteiger partial charge >= 0.3 is 5.85 Å². The van der Waals surface area contributed by atoms with Crippen molar-refractivity contribution in [3.8, 4) is 40.0 Å². The first-order valence-corrected chi connectivity index (χ1v) is 13.9. The Morgan fingerprint density at radius 3 is 2.52 bits per heavy atom. The van der Waals surface area contributed by atoms with Gasteiger partial charge in [0, 0.05) is 62.5 Å². The number of methoxy groups -OCH3 is 1. The standard InChI is InChI=1S/C29H30F2N7O3P/c1-35(2)28(39)17-11-12-19(23(13-17)41-29(30,31)42)26-32-24(25(37(26)4)16-9-10-16)18-7-6-8-21-20(18)14-38(33-21)22-15-36(3)34-27(22)40-5/h6-8,11-16H,9-10,42H2,1-5H3. The van der Waals surface area contributed by atoms with E-state index >= 15 is 0 Å². The minimum atomic E-state index is -3.55. The molecule has 0 saturated heterocycles. The highest BCUT2D eigenvalue weighted by Gasteiger charge is 2.34. The van der Waals surface area contributed by atoms with E-state index in [1.807, 2.05) is 49.3 Å². The van der Waals surface area contributed by atoms with Crippen LogP contribution in [-0.2, 0) is 14.1 Å². The third-order valence-electron chi connectivity index (χ3n) is 7.25. The van der Waals surface area contributed by atoms with Gasteiger partial charge in [0.1, 0.15) is 17.3 Å². The summed E-state index contributed by atoms with van der Waals surface area (Å²) in [6.45, 7) is 0. The molecule has 3 aromatic heterocycles. The first-order chi connectivity index (χ1) is 19.9. The van der Waals surface area contributed by atoms with Crippen LogP contribution in [0.4, 0.5) is 8.78 Å². The number of rotatable bonds is 8. The number of amides is 1. The van der Waals surface area contributed by atoms with E-state index in [1.165, 1.54) is 20.2 Å². The Labute approximate surface area is 243 Å². The number of alkyl halides is 2. The second kappa shape index (κ2) is 10.2. The summed E-state index contributed by atoms with van der Waals surface area (Å²) < 4.78 is 44.1. The lowest BCUT2D eigenvalue weighted by Crippen LogP contribution is -2.22. The SMILES string of the molecule is COc1nn(C)cc1-n1cc2c(-c3nc(-c4ccc(C(=O)N(C)C)cc4OC(F)(F)P)n(C)c3C3CC3)cccc2n1.